The molecule has 2 amide bonds. The predicted molar refractivity (Wildman–Crippen MR) is 107 cm³/mol. The minimum atomic E-state index is -1.17. The summed E-state index contributed by atoms with van der Waals surface area (Å²) in [5.41, 5.74) is 1.64. The highest BCUT2D eigenvalue weighted by Gasteiger charge is 2.55. The number of benzene rings is 2. The second-order valence-electron chi connectivity index (χ2n) is 7.41. The first-order chi connectivity index (χ1) is 13.3. The molecule has 0 radical (unpaired) electrons. The van der Waals surface area contributed by atoms with Gasteiger partial charge in [-0.05, 0) is 36.1 Å². The Labute approximate surface area is 168 Å². The molecule has 1 aliphatic carbocycles. The van der Waals surface area contributed by atoms with E-state index < -0.39 is 12.1 Å². The molecule has 0 unspecified atom stereocenters. The van der Waals surface area contributed by atoms with Gasteiger partial charge in [0.2, 0.25) is 5.91 Å². The van der Waals surface area contributed by atoms with Crippen molar-refractivity contribution in [2.45, 2.75) is 31.2 Å². The summed E-state index contributed by atoms with van der Waals surface area (Å²) in [5.74, 6) is -0.170. The number of amides is 2. The van der Waals surface area contributed by atoms with Crippen molar-refractivity contribution in [2.24, 2.45) is 5.92 Å². The van der Waals surface area contributed by atoms with Crippen molar-refractivity contribution >= 4 is 23.6 Å². The van der Waals surface area contributed by atoms with E-state index in [1.807, 2.05) is 30.3 Å². The third-order valence-corrected chi connectivity index (χ3v) is 5.69. The molecule has 0 spiro atoms. The number of rotatable bonds is 7. The van der Waals surface area contributed by atoms with Crippen molar-refractivity contribution in [1.82, 2.24) is 10.6 Å². The van der Waals surface area contributed by atoms with Crippen molar-refractivity contribution in [3.8, 4) is 5.75 Å². The van der Waals surface area contributed by atoms with Gasteiger partial charge in [-0.25, -0.2) is 4.79 Å². The average molecular weight is 403 g/mol. The largest absolute Gasteiger partial charge is 0.508 e. The van der Waals surface area contributed by atoms with Crippen molar-refractivity contribution in [3.63, 3.8) is 0 Å². The number of phenolic OH excluding ortho intramolecular Hbond substituents is 1. The maximum atomic E-state index is 12.6. The molecular weight excluding hydrogens is 380 g/mol. The van der Waals surface area contributed by atoms with Gasteiger partial charge in [-0.1, -0.05) is 54.9 Å². The lowest BCUT2D eigenvalue weighted by atomic mass is 9.95. The van der Waals surface area contributed by atoms with Gasteiger partial charge >= 0.3 is 6.09 Å². The molecule has 1 saturated carbocycles. The third kappa shape index (κ3) is 4.57. The van der Waals surface area contributed by atoms with Crippen molar-refractivity contribution < 1.29 is 19.8 Å². The molecule has 2 aromatic rings. The standard InChI is InChI=1S/C21H23ClN2O4/c1-21(14-5-3-2-4-6-14)11-17(21)19(26)23-12-15(24-20(27)28)9-13-7-8-16(25)10-18(13)22/h2-8,10,15,17,24-25H,9,11-12H2,1H3,(H,23,26)(H,27,28)/t15-,17-,21-/m0/s1. The summed E-state index contributed by atoms with van der Waals surface area (Å²) in [6, 6.07) is 13.9. The van der Waals surface area contributed by atoms with Crippen LogP contribution in [0.15, 0.2) is 48.5 Å². The minimum absolute atomic E-state index is 0.0405. The highest BCUT2D eigenvalue weighted by atomic mass is 35.5. The SMILES string of the molecule is C[C@@]1(c2ccccc2)C[C@H]1C(=O)NC[C@H](Cc1ccc(O)cc1Cl)NC(=O)O. The van der Waals surface area contributed by atoms with Gasteiger partial charge in [0.15, 0.2) is 0 Å². The minimum Gasteiger partial charge on any atom is -0.508 e. The van der Waals surface area contributed by atoms with Gasteiger partial charge in [0, 0.05) is 22.9 Å². The first-order valence-corrected chi connectivity index (χ1v) is 9.47. The lowest BCUT2D eigenvalue weighted by molar-refractivity contribution is -0.122. The lowest BCUT2D eigenvalue weighted by Crippen LogP contribution is -2.45. The number of phenols is 1. The molecular formula is C21H23ClN2O4. The molecule has 4 N–H and O–H groups in total. The molecule has 1 fully saturated rings. The molecule has 6 nitrogen and oxygen atoms in total. The number of carbonyl (C=O) groups excluding carboxylic acids is 1. The van der Waals surface area contributed by atoms with E-state index in [1.165, 1.54) is 12.1 Å². The summed E-state index contributed by atoms with van der Waals surface area (Å²) in [6.45, 7) is 2.22. The second-order valence-corrected chi connectivity index (χ2v) is 7.82. The van der Waals surface area contributed by atoms with E-state index in [9.17, 15) is 14.7 Å². The topological polar surface area (TPSA) is 98.7 Å². The number of halogens is 1. The van der Waals surface area contributed by atoms with Gasteiger partial charge < -0.3 is 20.8 Å². The number of carbonyl (C=O) groups is 2. The Hall–Kier alpha value is -2.73. The maximum absolute atomic E-state index is 12.6. The Bertz CT molecular complexity index is 874. The van der Waals surface area contributed by atoms with E-state index in [1.54, 1.807) is 6.07 Å². The van der Waals surface area contributed by atoms with Crippen LogP contribution in [0.3, 0.4) is 0 Å². The zero-order chi connectivity index (χ0) is 20.3. The van der Waals surface area contributed by atoms with Gasteiger partial charge in [0.1, 0.15) is 5.75 Å². The van der Waals surface area contributed by atoms with Crippen molar-refractivity contribution in [2.75, 3.05) is 6.54 Å². The predicted octanol–water partition coefficient (Wildman–Crippen LogP) is 3.32. The van der Waals surface area contributed by atoms with E-state index >= 15 is 0 Å². The fourth-order valence-electron chi connectivity index (χ4n) is 3.55. The lowest BCUT2D eigenvalue weighted by Gasteiger charge is -2.19. The van der Waals surface area contributed by atoms with Crippen LogP contribution in [0, 0.1) is 5.92 Å². The highest BCUT2D eigenvalue weighted by molar-refractivity contribution is 6.31. The molecule has 1 aliphatic rings. The zero-order valence-electron chi connectivity index (χ0n) is 15.5. The Kier molecular flexibility index (Phi) is 5.79. The normalized spacial score (nSPS) is 21.6. The van der Waals surface area contributed by atoms with Gasteiger partial charge in [0.25, 0.3) is 0 Å². The van der Waals surface area contributed by atoms with Crippen molar-refractivity contribution in [1.29, 1.82) is 0 Å². The molecule has 3 atom stereocenters. The number of carboxylic acid groups (broad SMARTS) is 1. The van der Waals surface area contributed by atoms with Crippen LogP contribution in [0.2, 0.25) is 5.02 Å². The molecule has 0 saturated heterocycles. The smallest absolute Gasteiger partial charge is 0.404 e. The fourth-order valence-corrected chi connectivity index (χ4v) is 3.80. The molecule has 0 aromatic heterocycles. The third-order valence-electron chi connectivity index (χ3n) is 5.34. The van der Waals surface area contributed by atoms with Crippen LogP contribution >= 0.6 is 11.6 Å². The summed E-state index contributed by atoms with van der Waals surface area (Å²) in [5, 5.41) is 24.2. The van der Waals surface area contributed by atoms with Crippen LogP contribution in [0.4, 0.5) is 4.79 Å². The summed E-state index contributed by atoms with van der Waals surface area (Å²) >= 11 is 6.12. The molecule has 0 bridgehead atoms. The van der Waals surface area contributed by atoms with Crippen LogP contribution in [0.5, 0.6) is 5.75 Å². The van der Waals surface area contributed by atoms with Gasteiger partial charge in [-0.15, -0.1) is 0 Å². The van der Waals surface area contributed by atoms with Crippen LogP contribution in [-0.2, 0) is 16.6 Å². The maximum Gasteiger partial charge on any atom is 0.404 e. The van der Waals surface area contributed by atoms with Crippen molar-refractivity contribution in [3.05, 3.63) is 64.7 Å². The number of hydrogen-bond donors (Lipinski definition) is 4. The zero-order valence-corrected chi connectivity index (χ0v) is 16.2. The molecule has 3 rings (SSSR count). The van der Waals surface area contributed by atoms with Gasteiger partial charge in [-0.3, -0.25) is 4.79 Å². The number of hydrogen-bond acceptors (Lipinski definition) is 3. The average Bonchev–Trinajstić information content (AvgIpc) is 3.35. The number of aromatic hydroxyl groups is 1. The molecule has 0 heterocycles. The molecule has 148 valence electrons. The summed E-state index contributed by atoms with van der Waals surface area (Å²) in [7, 11) is 0. The van der Waals surface area contributed by atoms with E-state index in [2.05, 4.69) is 17.6 Å². The van der Waals surface area contributed by atoms with Crippen LogP contribution < -0.4 is 10.6 Å². The fraction of sp³-hybridized carbons (Fsp3) is 0.333. The molecule has 2 aromatic carbocycles. The molecule has 0 aliphatic heterocycles. The Morgan fingerprint density at radius 2 is 1.96 bits per heavy atom. The summed E-state index contributed by atoms with van der Waals surface area (Å²) in [6.07, 6.45) is -0.106. The monoisotopic (exact) mass is 402 g/mol. The van der Waals surface area contributed by atoms with E-state index in [0.717, 1.165) is 12.0 Å². The van der Waals surface area contributed by atoms with Crippen LogP contribution in [0.1, 0.15) is 24.5 Å². The molecule has 28 heavy (non-hydrogen) atoms. The van der Waals surface area contributed by atoms with Gasteiger partial charge in [-0.2, -0.15) is 0 Å². The van der Waals surface area contributed by atoms with E-state index in [4.69, 9.17) is 16.7 Å². The highest BCUT2D eigenvalue weighted by Crippen LogP contribution is 2.53. The van der Waals surface area contributed by atoms with Gasteiger partial charge in [0.05, 0.1) is 6.04 Å². The Morgan fingerprint density at radius 3 is 2.61 bits per heavy atom. The molecule has 7 heteroatoms. The Balaban J connectivity index is 1.61. The Morgan fingerprint density at radius 1 is 1.25 bits per heavy atom. The van der Waals surface area contributed by atoms with E-state index in [0.29, 0.717) is 17.0 Å². The quantitative estimate of drug-likeness (QED) is 0.571. The first kappa shape index (κ1) is 20.0. The van der Waals surface area contributed by atoms with E-state index in [-0.39, 0.29) is 29.5 Å². The first-order valence-electron chi connectivity index (χ1n) is 9.09. The van der Waals surface area contributed by atoms with Crippen LogP contribution in [0.25, 0.3) is 0 Å². The number of nitrogens with one attached hydrogen (secondary N) is 2. The van der Waals surface area contributed by atoms with Crippen LogP contribution in [-0.4, -0.2) is 34.8 Å². The summed E-state index contributed by atoms with van der Waals surface area (Å²) in [4.78, 5) is 23.7. The summed E-state index contributed by atoms with van der Waals surface area (Å²) < 4.78 is 0. The second kappa shape index (κ2) is 8.10.